The molecule has 0 saturated heterocycles. The Morgan fingerprint density at radius 2 is 1.68 bits per heavy atom. The van der Waals surface area contributed by atoms with Gasteiger partial charge in [-0.25, -0.2) is 0 Å². The van der Waals surface area contributed by atoms with Crippen LogP contribution in [0.15, 0.2) is 24.3 Å². The first-order valence-electron chi connectivity index (χ1n) is 6.39. The highest BCUT2D eigenvalue weighted by Gasteiger charge is 2.36. The van der Waals surface area contributed by atoms with Crippen molar-refractivity contribution in [3.8, 4) is 5.75 Å². The maximum atomic E-state index is 6.47. The molecule has 1 aromatic rings. The van der Waals surface area contributed by atoms with E-state index in [9.17, 15) is 0 Å². The second-order valence-corrected chi connectivity index (χ2v) is 7.46. The predicted molar refractivity (Wildman–Crippen MR) is 84.7 cm³/mol. The van der Waals surface area contributed by atoms with Crippen molar-refractivity contribution in [1.82, 2.24) is 0 Å². The number of benzene rings is 1. The second-order valence-electron chi connectivity index (χ2n) is 5.45. The zero-order valence-corrected chi connectivity index (χ0v) is 14.1. The van der Waals surface area contributed by atoms with Gasteiger partial charge < -0.3 is 4.74 Å². The van der Waals surface area contributed by atoms with Crippen LogP contribution in [0.3, 0.4) is 0 Å². The van der Waals surface area contributed by atoms with Crippen LogP contribution >= 0.6 is 34.8 Å². The highest BCUT2D eigenvalue weighted by Crippen LogP contribution is 2.44. The van der Waals surface area contributed by atoms with Gasteiger partial charge in [0.15, 0.2) is 0 Å². The van der Waals surface area contributed by atoms with Crippen LogP contribution in [0.25, 0.3) is 0 Å². The quantitative estimate of drug-likeness (QED) is 0.605. The molecule has 0 aromatic heterocycles. The SMILES string of the molecule is CCC(C)(C)C(Cl)CC(Cl)(Cl)c1ccc(OC)cc1. The maximum Gasteiger partial charge on any atom is 0.144 e. The number of alkyl halides is 3. The van der Waals surface area contributed by atoms with Crippen molar-refractivity contribution in [2.24, 2.45) is 5.41 Å². The minimum absolute atomic E-state index is 0.00303. The number of ether oxygens (including phenoxy) is 1. The molecule has 1 rings (SSSR count). The summed E-state index contributed by atoms with van der Waals surface area (Å²) in [5.41, 5.74) is 0.845. The molecule has 0 heterocycles. The second kappa shape index (κ2) is 6.56. The third-order valence-corrected chi connectivity index (χ3v) is 5.20. The van der Waals surface area contributed by atoms with Gasteiger partial charge in [-0.2, -0.15) is 0 Å². The number of hydrogen-bond acceptors (Lipinski definition) is 1. The summed E-state index contributed by atoms with van der Waals surface area (Å²) >= 11 is 19.4. The van der Waals surface area contributed by atoms with Crippen LogP contribution in [0.2, 0.25) is 0 Å². The molecule has 0 bridgehead atoms. The lowest BCUT2D eigenvalue weighted by Gasteiger charge is -2.33. The Morgan fingerprint density at radius 3 is 2.11 bits per heavy atom. The molecule has 0 N–H and O–H groups in total. The molecule has 0 radical (unpaired) electrons. The van der Waals surface area contributed by atoms with Crippen molar-refractivity contribution >= 4 is 34.8 Å². The van der Waals surface area contributed by atoms with Crippen LogP contribution in [0.4, 0.5) is 0 Å². The van der Waals surface area contributed by atoms with E-state index >= 15 is 0 Å². The van der Waals surface area contributed by atoms with Crippen molar-refractivity contribution < 1.29 is 4.74 Å². The molecule has 0 fully saturated rings. The van der Waals surface area contributed by atoms with Crippen LogP contribution in [-0.4, -0.2) is 12.5 Å². The zero-order chi connectivity index (χ0) is 14.7. The largest absolute Gasteiger partial charge is 0.497 e. The number of hydrogen-bond donors (Lipinski definition) is 0. The average molecular weight is 324 g/mol. The molecular weight excluding hydrogens is 303 g/mol. The summed E-state index contributed by atoms with van der Waals surface area (Å²) in [5, 5.41) is -0.0883. The van der Waals surface area contributed by atoms with E-state index in [2.05, 4.69) is 20.8 Å². The fourth-order valence-corrected chi connectivity index (χ4v) is 2.78. The maximum absolute atomic E-state index is 6.47. The van der Waals surface area contributed by atoms with Gasteiger partial charge in [0, 0.05) is 11.8 Å². The van der Waals surface area contributed by atoms with Gasteiger partial charge in [-0.1, -0.05) is 56.1 Å². The molecule has 1 aromatic carbocycles. The van der Waals surface area contributed by atoms with Gasteiger partial charge in [-0.15, -0.1) is 11.6 Å². The van der Waals surface area contributed by atoms with E-state index in [1.54, 1.807) is 7.11 Å². The Kier molecular flexibility index (Phi) is 5.85. The molecule has 0 aliphatic rings. The van der Waals surface area contributed by atoms with Crippen molar-refractivity contribution in [2.45, 2.75) is 43.3 Å². The summed E-state index contributed by atoms with van der Waals surface area (Å²) in [6.45, 7) is 6.37. The summed E-state index contributed by atoms with van der Waals surface area (Å²) in [5.74, 6) is 0.782. The molecule has 1 unspecified atom stereocenters. The summed E-state index contributed by atoms with van der Waals surface area (Å²) in [7, 11) is 1.63. The third-order valence-electron chi connectivity index (χ3n) is 3.71. The van der Waals surface area contributed by atoms with Crippen molar-refractivity contribution in [3.63, 3.8) is 0 Å². The molecule has 1 nitrogen and oxygen atoms in total. The van der Waals surface area contributed by atoms with E-state index in [1.807, 2.05) is 24.3 Å². The minimum Gasteiger partial charge on any atom is -0.497 e. The van der Waals surface area contributed by atoms with Crippen LogP contribution in [0.5, 0.6) is 5.75 Å². The predicted octanol–water partition coefficient (Wildman–Crippen LogP) is 5.76. The third kappa shape index (κ3) is 4.44. The number of halogens is 3. The Balaban J connectivity index is 2.85. The molecule has 19 heavy (non-hydrogen) atoms. The average Bonchev–Trinajstić information content (AvgIpc) is 2.38. The van der Waals surface area contributed by atoms with Gasteiger partial charge >= 0.3 is 0 Å². The Morgan fingerprint density at radius 1 is 1.16 bits per heavy atom. The number of rotatable bonds is 6. The van der Waals surface area contributed by atoms with Crippen LogP contribution in [0.1, 0.15) is 39.2 Å². The molecule has 0 spiro atoms. The first kappa shape index (κ1) is 16.9. The van der Waals surface area contributed by atoms with Crippen LogP contribution in [0, 0.1) is 5.41 Å². The highest BCUT2D eigenvalue weighted by molar-refractivity contribution is 6.48. The number of methoxy groups -OCH3 is 1. The topological polar surface area (TPSA) is 9.23 Å². The van der Waals surface area contributed by atoms with E-state index in [0.717, 1.165) is 17.7 Å². The molecule has 4 heteroatoms. The highest BCUT2D eigenvalue weighted by atomic mass is 35.5. The normalized spacial score (nSPS) is 14.3. The molecule has 1 atom stereocenters. The standard InChI is InChI=1S/C15H21Cl3O/c1-5-14(2,3)13(16)10-15(17,18)11-6-8-12(19-4)9-7-11/h6-9,13H,5,10H2,1-4H3. The van der Waals surface area contributed by atoms with Gasteiger partial charge in [0.1, 0.15) is 10.1 Å². The molecule has 0 aliphatic carbocycles. The van der Waals surface area contributed by atoms with E-state index < -0.39 is 4.33 Å². The zero-order valence-electron chi connectivity index (χ0n) is 11.8. The van der Waals surface area contributed by atoms with Gasteiger partial charge in [0.05, 0.1) is 7.11 Å². The first-order valence-corrected chi connectivity index (χ1v) is 7.58. The summed E-state index contributed by atoms with van der Waals surface area (Å²) in [6, 6.07) is 7.45. The minimum atomic E-state index is -0.981. The summed E-state index contributed by atoms with van der Waals surface area (Å²) in [6.07, 6.45) is 1.48. The lowest BCUT2D eigenvalue weighted by atomic mass is 9.83. The van der Waals surface area contributed by atoms with E-state index in [4.69, 9.17) is 39.5 Å². The molecule has 0 saturated carbocycles. The lowest BCUT2D eigenvalue weighted by molar-refractivity contribution is 0.314. The summed E-state index contributed by atoms with van der Waals surface area (Å²) < 4.78 is 4.14. The van der Waals surface area contributed by atoms with Gasteiger partial charge in [-0.3, -0.25) is 0 Å². The van der Waals surface area contributed by atoms with E-state index in [1.165, 1.54) is 0 Å². The first-order chi connectivity index (χ1) is 8.73. The monoisotopic (exact) mass is 322 g/mol. The smallest absolute Gasteiger partial charge is 0.144 e. The van der Waals surface area contributed by atoms with Crippen molar-refractivity contribution in [3.05, 3.63) is 29.8 Å². The van der Waals surface area contributed by atoms with Crippen LogP contribution in [-0.2, 0) is 4.33 Å². The Hall–Kier alpha value is -0.110. The fraction of sp³-hybridized carbons (Fsp3) is 0.600. The van der Waals surface area contributed by atoms with Gasteiger partial charge in [-0.05, 0) is 29.5 Å². The van der Waals surface area contributed by atoms with Gasteiger partial charge in [0.25, 0.3) is 0 Å². The van der Waals surface area contributed by atoms with E-state index in [0.29, 0.717) is 6.42 Å². The van der Waals surface area contributed by atoms with E-state index in [-0.39, 0.29) is 10.8 Å². The summed E-state index contributed by atoms with van der Waals surface area (Å²) in [4.78, 5) is 0. The van der Waals surface area contributed by atoms with Crippen molar-refractivity contribution in [1.29, 1.82) is 0 Å². The molecular formula is C15H21Cl3O. The molecule has 0 amide bonds. The molecule has 108 valence electrons. The Labute approximate surface area is 131 Å². The Bertz CT molecular complexity index is 398. The van der Waals surface area contributed by atoms with Crippen LogP contribution < -0.4 is 4.74 Å². The van der Waals surface area contributed by atoms with Gasteiger partial charge in [0.2, 0.25) is 0 Å². The van der Waals surface area contributed by atoms with Crippen molar-refractivity contribution in [2.75, 3.05) is 7.11 Å². The lowest BCUT2D eigenvalue weighted by Crippen LogP contribution is -2.29. The fourth-order valence-electron chi connectivity index (χ4n) is 1.68. The molecule has 0 aliphatic heterocycles.